The molecule has 22 heavy (non-hydrogen) atoms. The second-order valence-electron chi connectivity index (χ2n) is 5.87. The molecule has 2 aromatic rings. The van der Waals surface area contributed by atoms with Gasteiger partial charge in [-0.1, -0.05) is 43.7 Å². The van der Waals surface area contributed by atoms with Crippen LogP contribution in [0.15, 0.2) is 53.5 Å². The van der Waals surface area contributed by atoms with Gasteiger partial charge in [-0.2, -0.15) is 0 Å². The number of nitrogens with one attached hydrogen (secondary N) is 1. The van der Waals surface area contributed by atoms with Crippen molar-refractivity contribution in [3.05, 3.63) is 60.4 Å². The van der Waals surface area contributed by atoms with Crippen LogP contribution in [0.3, 0.4) is 0 Å². The van der Waals surface area contributed by atoms with Gasteiger partial charge in [0.25, 0.3) is 0 Å². The van der Waals surface area contributed by atoms with Gasteiger partial charge in [-0.05, 0) is 49.9 Å². The molecule has 1 N–H and O–H groups in total. The summed E-state index contributed by atoms with van der Waals surface area (Å²) in [6.45, 7) is 10.0. The highest BCUT2D eigenvalue weighted by molar-refractivity contribution is 5.57. The molecule has 1 aromatic carbocycles. The Labute approximate surface area is 134 Å². The quantitative estimate of drug-likeness (QED) is 0.499. The van der Waals surface area contributed by atoms with Crippen molar-refractivity contribution >= 4 is 0 Å². The van der Waals surface area contributed by atoms with Crippen LogP contribution < -0.4 is 5.32 Å². The fraction of sp³-hybridized carbons (Fsp3) is 0.400. The normalized spacial score (nSPS) is 12.3. The Morgan fingerprint density at radius 1 is 1.18 bits per heavy atom. The molecule has 0 bridgehead atoms. The molecular formula is C20H27NO. The minimum Gasteiger partial charge on any atom is -0.461 e. The summed E-state index contributed by atoms with van der Waals surface area (Å²) >= 11 is 0. The minimum atomic E-state index is 0.759. The van der Waals surface area contributed by atoms with Gasteiger partial charge in [-0.3, -0.25) is 0 Å². The Morgan fingerprint density at radius 2 is 1.95 bits per heavy atom. The van der Waals surface area contributed by atoms with E-state index >= 15 is 0 Å². The summed E-state index contributed by atoms with van der Waals surface area (Å²) in [5.74, 6) is 2.65. The van der Waals surface area contributed by atoms with Gasteiger partial charge in [-0.15, -0.1) is 6.58 Å². The number of benzene rings is 1. The lowest BCUT2D eigenvalue weighted by molar-refractivity contribution is 0.456. The summed E-state index contributed by atoms with van der Waals surface area (Å²) < 4.78 is 5.65. The third-order valence-electron chi connectivity index (χ3n) is 4.11. The molecule has 0 aliphatic rings. The van der Waals surface area contributed by atoms with Crippen LogP contribution in [0.4, 0.5) is 0 Å². The number of aryl methyl sites for hydroxylation is 1. The number of allylic oxidation sites excluding steroid dienone is 1. The van der Waals surface area contributed by atoms with Crippen LogP contribution in [0, 0.1) is 12.8 Å². The van der Waals surface area contributed by atoms with Crippen LogP contribution in [0.2, 0.25) is 0 Å². The predicted octanol–water partition coefficient (Wildman–Crippen LogP) is 5.34. The van der Waals surface area contributed by atoms with E-state index in [0.717, 1.165) is 42.5 Å². The molecule has 0 aliphatic heterocycles. The average Bonchev–Trinajstić information content (AvgIpc) is 2.97. The monoisotopic (exact) mass is 297 g/mol. The van der Waals surface area contributed by atoms with Gasteiger partial charge < -0.3 is 9.73 Å². The molecule has 2 rings (SSSR count). The molecule has 0 amide bonds. The third kappa shape index (κ3) is 4.88. The van der Waals surface area contributed by atoms with Gasteiger partial charge in [0.2, 0.25) is 0 Å². The fourth-order valence-electron chi connectivity index (χ4n) is 2.64. The molecule has 0 aliphatic carbocycles. The smallest absolute Gasteiger partial charge is 0.134 e. The fourth-order valence-corrected chi connectivity index (χ4v) is 2.64. The minimum absolute atomic E-state index is 0.759. The molecule has 1 aromatic heterocycles. The first-order chi connectivity index (χ1) is 10.7. The molecule has 2 heteroatoms. The third-order valence-corrected chi connectivity index (χ3v) is 4.11. The summed E-state index contributed by atoms with van der Waals surface area (Å²) in [6.07, 6.45) is 5.59. The van der Waals surface area contributed by atoms with Gasteiger partial charge in [0, 0.05) is 12.1 Å². The van der Waals surface area contributed by atoms with Crippen LogP contribution in [-0.2, 0) is 6.54 Å². The summed E-state index contributed by atoms with van der Waals surface area (Å²) in [7, 11) is 0. The number of rotatable bonds is 9. The van der Waals surface area contributed by atoms with Crippen molar-refractivity contribution < 1.29 is 4.42 Å². The molecule has 0 spiro atoms. The zero-order valence-corrected chi connectivity index (χ0v) is 13.8. The average molecular weight is 297 g/mol. The molecule has 0 saturated heterocycles. The van der Waals surface area contributed by atoms with E-state index in [0.29, 0.717) is 0 Å². The van der Waals surface area contributed by atoms with Crippen molar-refractivity contribution in [2.24, 2.45) is 5.92 Å². The maximum absolute atomic E-state index is 5.65. The molecule has 118 valence electrons. The number of hydrogen-bond donors (Lipinski definition) is 1. The van der Waals surface area contributed by atoms with Crippen LogP contribution in [0.1, 0.15) is 37.5 Å². The van der Waals surface area contributed by atoms with E-state index in [1.165, 1.54) is 18.4 Å². The summed E-state index contributed by atoms with van der Waals surface area (Å²) in [6, 6.07) is 12.6. The summed E-state index contributed by atoms with van der Waals surface area (Å²) in [5.41, 5.74) is 2.44. The predicted molar refractivity (Wildman–Crippen MR) is 93.8 cm³/mol. The van der Waals surface area contributed by atoms with Crippen molar-refractivity contribution in [1.29, 1.82) is 0 Å². The van der Waals surface area contributed by atoms with Crippen molar-refractivity contribution in [2.75, 3.05) is 6.54 Å². The van der Waals surface area contributed by atoms with E-state index in [9.17, 15) is 0 Å². The number of furan rings is 1. The Bertz CT molecular complexity index is 568. The molecule has 1 atom stereocenters. The maximum Gasteiger partial charge on any atom is 0.134 e. The van der Waals surface area contributed by atoms with Crippen molar-refractivity contribution in [1.82, 2.24) is 5.32 Å². The van der Waals surface area contributed by atoms with Crippen LogP contribution >= 0.6 is 0 Å². The largest absolute Gasteiger partial charge is 0.461 e. The highest BCUT2D eigenvalue weighted by atomic mass is 16.3. The SMILES string of the molecule is C=CCC(CC)CCNCc1ccc(-c2ccc(C)o2)cc1. The van der Waals surface area contributed by atoms with E-state index in [-0.39, 0.29) is 0 Å². The lowest BCUT2D eigenvalue weighted by atomic mass is 9.98. The Morgan fingerprint density at radius 3 is 2.55 bits per heavy atom. The highest BCUT2D eigenvalue weighted by Crippen LogP contribution is 2.22. The van der Waals surface area contributed by atoms with Crippen LogP contribution in [-0.4, -0.2) is 6.54 Å². The van der Waals surface area contributed by atoms with E-state index in [1.807, 2.05) is 25.1 Å². The molecule has 1 heterocycles. The van der Waals surface area contributed by atoms with E-state index in [1.54, 1.807) is 0 Å². The van der Waals surface area contributed by atoms with Gasteiger partial charge >= 0.3 is 0 Å². The lowest BCUT2D eigenvalue weighted by Gasteiger charge is -2.13. The van der Waals surface area contributed by atoms with Gasteiger partial charge in [0.15, 0.2) is 0 Å². The molecular weight excluding hydrogens is 270 g/mol. The van der Waals surface area contributed by atoms with E-state index in [2.05, 4.69) is 43.1 Å². The second kappa shape index (κ2) is 8.60. The van der Waals surface area contributed by atoms with Crippen molar-refractivity contribution in [3.8, 4) is 11.3 Å². The first-order valence-electron chi connectivity index (χ1n) is 8.20. The Hall–Kier alpha value is -1.80. The number of hydrogen-bond acceptors (Lipinski definition) is 2. The van der Waals surface area contributed by atoms with Gasteiger partial charge in [0.05, 0.1) is 0 Å². The Kier molecular flexibility index (Phi) is 6.47. The molecule has 0 fully saturated rings. The zero-order chi connectivity index (χ0) is 15.8. The van der Waals surface area contributed by atoms with Crippen molar-refractivity contribution in [2.45, 2.75) is 39.7 Å². The standard InChI is InChI=1S/C20H27NO/c1-4-6-17(5-2)13-14-21-15-18-8-10-19(11-9-18)20-12-7-16(3)22-20/h4,7-12,17,21H,1,5-6,13-15H2,2-3H3. The van der Waals surface area contributed by atoms with Gasteiger partial charge in [-0.25, -0.2) is 0 Å². The van der Waals surface area contributed by atoms with Crippen LogP contribution in [0.25, 0.3) is 11.3 Å². The maximum atomic E-state index is 5.65. The van der Waals surface area contributed by atoms with Gasteiger partial charge in [0.1, 0.15) is 11.5 Å². The first kappa shape index (κ1) is 16.6. The molecule has 2 nitrogen and oxygen atoms in total. The highest BCUT2D eigenvalue weighted by Gasteiger charge is 2.04. The summed E-state index contributed by atoms with van der Waals surface area (Å²) in [4.78, 5) is 0. The lowest BCUT2D eigenvalue weighted by Crippen LogP contribution is -2.17. The summed E-state index contributed by atoms with van der Waals surface area (Å²) in [5, 5.41) is 3.53. The van der Waals surface area contributed by atoms with Crippen LogP contribution in [0.5, 0.6) is 0 Å². The van der Waals surface area contributed by atoms with E-state index in [4.69, 9.17) is 4.42 Å². The molecule has 0 saturated carbocycles. The first-order valence-corrected chi connectivity index (χ1v) is 8.20. The second-order valence-corrected chi connectivity index (χ2v) is 5.87. The molecule has 0 radical (unpaired) electrons. The zero-order valence-electron chi connectivity index (χ0n) is 13.8. The molecule has 1 unspecified atom stereocenters. The van der Waals surface area contributed by atoms with Crippen molar-refractivity contribution in [3.63, 3.8) is 0 Å². The Balaban J connectivity index is 1.78. The van der Waals surface area contributed by atoms with E-state index < -0.39 is 0 Å². The topological polar surface area (TPSA) is 25.2 Å².